The maximum absolute atomic E-state index is 5.61. The topological polar surface area (TPSA) is 44.5 Å². The standard InChI is InChI=1S/C11H17NO2/c1-13-7-10(8-14-2)9-3-5-11(12)6-4-9/h3-6,10H,7-8,12H2,1-2H3. The third-order valence-corrected chi connectivity index (χ3v) is 2.14. The summed E-state index contributed by atoms with van der Waals surface area (Å²) in [4.78, 5) is 0. The zero-order valence-corrected chi connectivity index (χ0v) is 8.69. The van der Waals surface area contributed by atoms with Crippen molar-refractivity contribution in [2.24, 2.45) is 0 Å². The smallest absolute Gasteiger partial charge is 0.0553 e. The molecule has 0 spiro atoms. The van der Waals surface area contributed by atoms with E-state index in [4.69, 9.17) is 15.2 Å². The third-order valence-electron chi connectivity index (χ3n) is 2.14. The van der Waals surface area contributed by atoms with Crippen LogP contribution in [-0.2, 0) is 9.47 Å². The molecule has 1 aromatic rings. The first-order valence-corrected chi connectivity index (χ1v) is 4.61. The van der Waals surface area contributed by atoms with Gasteiger partial charge < -0.3 is 15.2 Å². The fourth-order valence-corrected chi connectivity index (χ4v) is 1.41. The van der Waals surface area contributed by atoms with E-state index in [2.05, 4.69) is 0 Å². The molecule has 2 N–H and O–H groups in total. The molecule has 1 aromatic carbocycles. The van der Waals surface area contributed by atoms with Crippen LogP contribution in [0.4, 0.5) is 5.69 Å². The molecule has 0 heterocycles. The molecule has 0 unspecified atom stereocenters. The molecule has 0 aliphatic carbocycles. The Kier molecular flexibility index (Phi) is 4.43. The number of hydrogen-bond donors (Lipinski definition) is 1. The Bertz CT molecular complexity index is 252. The fourth-order valence-electron chi connectivity index (χ4n) is 1.41. The molecule has 1 rings (SSSR count). The highest BCUT2D eigenvalue weighted by Gasteiger charge is 2.10. The number of nitrogens with two attached hydrogens (primary N) is 1. The Labute approximate surface area is 84.8 Å². The van der Waals surface area contributed by atoms with Gasteiger partial charge in [0.25, 0.3) is 0 Å². The highest BCUT2D eigenvalue weighted by molar-refractivity contribution is 5.40. The molecule has 0 atom stereocenters. The normalized spacial score (nSPS) is 10.8. The van der Waals surface area contributed by atoms with Crippen LogP contribution >= 0.6 is 0 Å². The van der Waals surface area contributed by atoms with E-state index in [0.29, 0.717) is 13.2 Å². The summed E-state index contributed by atoms with van der Waals surface area (Å²) in [5, 5.41) is 0. The van der Waals surface area contributed by atoms with Gasteiger partial charge in [0.15, 0.2) is 0 Å². The lowest BCUT2D eigenvalue weighted by Crippen LogP contribution is -2.12. The highest BCUT2D eigenvalue weighted by atomic mass is 16.5. The lowest BCUT2D eigenvalue weighted by atomic mass is 10.0. The van der Waals surface area contributed by atoms with Crippen molar-refractivity contribution in [2.45, 2.75) is 5.92 Å². The number of anilines is 1. The number of methoxy groups -OCH3 is 2. The first kappa shape index (κ1) is 11.0. The van der Waals surface area contributed by atoms with Crippen molar-refractivity contribution in [3.05, 3.63) is 29.8 Å². The summed E-state index contributed by atoms with van der Waals surface area (Å²) in [7, 11) is 3.39. The van der Waals surface area contributed by atoms with Gasteiger partial charge in [0.2, 0.25) is 0 Å². The highest BCUT2D eigenvalue weighted by Crippen LogP contribution is 2.17. The van der Waals surface area contributed by atoms with Gasteiger partial charge in [-0.2, -0.15) is 0 Å². The molecular formula is C11H17NO2. The molecule has 3 nitrogen and oxygen atoms in total. The van der Waals surface area contributed by atoms with Crippen LogP contribution in [0.2, 0.25) is 0 Å². The van der Waals surface area contributed by atoms with E-state index < -0.39 is 0 Å². The van der Waals surface area contributed by atoms with E-state index in [1.807, 2.05) is 24.3 Å². The van der Waals surface area contributed by atoms with Crippen molar-refractivity contribution in [2.75, 3.05) is 33.2 Å². The summed E-state index contributed by atoms with van der Waals surface area (Å²) in [6, 6.07) is 7.82. The first-order valence-electron chi connectivity index (χ1n) is 4.61. The van der Waals surface area contributed by atoms with Crippen LogP contribution in [0.15, 0.2) is 24.3 Å². The molecule has 0 saturated carbocycles. The molecule has 0 aromatic heterocycles. The maximum atomic E-state index is 5.61. The lowest BCUT2D eigenvalue weighted by Gasteiger charge is -2.15. The van der Waals surface area contributed by atoms with Gasteiger partial charge in [-0.25, -0.2) is 0 Å². The molecular weight excluding hydrogens is 178 g/mol. The van der Waals surface area contributed by atoms with Gasteiger partial charge in [0.1, 0.15) is 0 Å². The predicted octanol–water partition coefficient (Wildman–Crippen LogP) is 1.65. The third kappa shape index (κ3) is 3.01. The van der Waals surface area contributed by atoms with Gasteiger partial charge in [-0.15, -0.1) is 0 Å². The molecule has 14 heavy (non-hydrogen) atoms. The number of hydrogen-bond acceptors (Lipinski definition) is 3. The molecule has 0 radical (unpaired) electrons. The molecule has 0 aliphatic heterocycles. The molecule has 0 saturated heterocycles. The Hall–Kier alpha value is -1.06. The first-order chi connectivity index (χ1) is 6.77. The minimum atomic E-state index is 0.283. The molecule has 78 valence electrons. The van der Waals surface area contributed by atoms with Crippen molar-refractivity contribution >= 4 is 5.69 Å². The van der Waals surface area contributed by atoms with Crippen molar-refractivity contribution < 1.29 is 9.47 Å². The minimum absolute atomic E-state index is 0.283. The number of nitrogen functional groups attached to an aromatic ring is 1. The van der Waals surface area contributed by atoms with Gasteiger partial charge in [-0.3, -0.25) is 0 Å². The second kappa shape index (κ2) is 5.62. The van der Waals surface area contributed by atoms with Gasteiger partial charge in [0.05, 0.1) is 13.2 Å². The minimum Gasteiger partial charge on any atom is -0.399 e. The summed E-state index contributed by atoms with van der Waals surface area (Å²) in [6.07, 6.45) is 0. The van der Waals surface area contributed by atoms with E-state index in [-0.39, 0.29) is 5.92 Å². The van der Waals surface area contributed by atoms with E-state index in [9.17, 15) is 0 Å². The van der Waals surface area contributed by atoms with Crippen LogP contribution in [0.1, 0.15) is 11.5 Å². The van der Waals surface area contributed by atoms with Gasteiger partial charge in [-0.1, -0.05) is 12.1 Å². The van der Waals surface area contributed by atoms with Crippen molar-refractivity contribution in [1.29, 1.82) is 0 Å². The zero-order valence-electron chi connectivity index (χ0n) is 8.69. The maximum Gasteiger partial charge on any atom is 0.0553 e. The van der Waals surface area contributed by atoms with Crippen LogP contribution < -0.4 is 5.73 Å². The van der Waals surface area contributed by atoms with Gasteiger partial charge >= 0.3 is 0 Å². The van der Waals surface area contributed by atoms with Crippen LogP contribution in [-0.4, -0.2) is 27.4 Å². The summed E-state index contributed by atoms with van der Waals surface area (Å²) >= 11 is 0. The molecule has 0 bridgehead atoms. The fraction of sp³-hybridized carbons (Fsp3) is 0.455. The zero-order chi connectivity index (χ0) is 10.4. The Balaban J connectivity index is 2.71. The van der Waals surface area contributed by atoms with Crippen molar-refractivity contribution in [3.8, 4) is 0 Å². The largest absolute Gasteiger partial charge is 0.399 e. The Morgan fingerprint density at radius 3 is 2.00 bits per heavy atom. The Morgan fingerprint density at radius 2 is 1.57 bits per heavy atom. The molecule has 3 heteroatoms. The summed E-state index contributed by atoms with van der Waals surface area (Å²) < 4.78 is 10.3. The quantitative estimate of drug-likeness (QED) is 0.726. The van der Waals surface area contributed by atoms with E-state index >= 15 is 0 Å². The van der Waals surface area contributed by atoms with E-state index in [1.54, 1.807) is 14.2 Å². The number of ether oxygens (including phenoxy) is 2. The molecule has 0 fully saturated rings. The average Bonchev–Trinajstić information content (AvgIpc) is 2.19. The second-order valence-electron chi connectivity index (χ2n) is 3.27. The van der Waals surface area contributed by atoms with Crippen molar-refractivity contribution in [3.63, 3.8) is 0 Å². The van der Waals surface area contributed by atoms with E-state index in [0.717, 1.165) is 5.69 Å². The van der Waals surface area contributed by atoms with Gasteiger partial charge in [0, 0.05) is 25.8 Å². The van der Waals surface area contributed by atoms with E-state index in [1.165, 1.54) is 5.56 Å². The molecule has 0 amide bonds. The summed E-state index contributed by atoms with van der Waals surface area (Å²) in [6.45, 7) is 1.33. The summed E-state index contributed by atoms with van der Waals surface area (Å²) in [5.74, 6) is 0.283. The lowest BCUT2D eigenvalue weighted by molar-refractivity contribution is 0.117. The number of benzene rings is 1. The SMILES string of the molecule is COCC(COC)c1ccc(N)cc1. The van der Waals surface area contributed by atoms with Crippen LogP contribution in [0.5, 0.6) is 0 Å². The Morgan fingerprint density at radius 1 is 1.07 bits per heavy atom. The predicted molar refractivity (Wildman–Crippen MR) is 57.3 cm³/mol. The van der Waals surface area contributed by atoms with Crippen molar-refractivity contribution in [1.82, 2.24) is 0 Å². The van der Waals surface area contributed by atoms with Gasteiger partial charge in [-0.05, 0) is 17.7 Å². The average molecular weight is 195 g/mol. The second-order valence-corrected chi connectivity index (χ2v) is 3.27. The number of rotatable bonds is 5. The van der Waals surface area contributed by atoms with Crippen LogP contribution in [0.25, 0.3) is 0 Å². The van der Waals surface area contributed by atoms with Crippen LogP contribution in [0.3, 0.4) is 0 Å². The molecule has 0 aliphatic rings. The monoisotopic (exact) mass is 195 g/mol. The van der Waals surface area contributed by atoms with Crippen LogP contribution in [0, 0.1) is 0 Å². The summed E-state index contributed by atoms with van der Waals surface area (Å²) in [5.41, 5.74) is 7.59.